The molecule has 0 aliphatic heterocycles. The van der Waals surface area contributed by atoms with Crippen LogP contribution in [-0.4, -0.2) is 14.2 Å². The summed E-state index contributed by atoms with van der Waals surface area (Å²) in [7, 11) is 3.17. The van der Waals surface area contributed by atoms with E-state index in [0.717, 1.165) is 5.56 Å². The number of ether oxygens (including phenoxy) is 2. The Morgan fingerprint density at radius 1 is 1.42 bits per heavy atom. The molecule has 12 heavy (non-hydrogen) atoms. The van der Waals surface area contributed by atoms with Gasteiger partial charge in [-0.15, -0.1) is 0 Å². The Morgan fingerprint density at radius 3 is 2.67 bits per heavy atom. The highest BCUT2D eigenvalue weighted by molar-refractivity contribution is 5.41. The fourth-order valence-corrected chi connectivity index (χ4v) is 0.934. The van der Waals surface area contributed by atoms with Crippen molar-refractivity contribution in [2.45, 2.75) is 6.54 Å². The third-order valence-corrected chi connectivity index (χ3v) is 1.59. The Labute approximate surface area is 72.1 Å². The van der Waals surface area contributed by atoms with Gasteiger partial charge in [0.05, 0.1) is 14.2 Å². The van der Waals surface area contributed by atoms with Crippen LogP contribution < -0.4 is 15.2 Å². The van der Waals surface area contributed by atoms with Gasteiger partial charge in [0.25, 0.3) is 0 Å². The highest BCUT2D eigenvalue weighted by Crippen LogP contribution is 2.26. The Kier molecular flexibility index (Phi) is 2.94. The molecule has 1 aromatic carbocycles. The lowest BCUT2D eigenvalue weighted by molar-refractivity contribution is 0.354. The van der Waals surface area contributed by atoms with Crippen LogP contribution in [0.1, 0.15) is 5.56 Å². The molecule has 0 heterocycles. The van der Waals surface area contributed by atoms with E-state index in [1.807, 2.05) is 6.07 Å². The molecule has 0 amide bonds. The Bertz CT molecular complexity index is 261. The minimum Gasteiger partial charge on any atom is -0.493 e. The van der Waals surface area contributed by atoms with Crippen LogP contribution in [0.2, 0.25) is 0 Å². The number of rotatable bonds is 3. The molecule has 1 aromatic rings. The second-order valence-electron chi connectivity index (χ2n) is 2.31. The van der Waals surface area contributed by atoms with Crippen molar-refractivity contribution in [3.05, 3.63) is 23.8 Å². The predicted octanol–water partition coefficient (Wildman–Crippen LogP) is 0.963. The summed E-state index contributed by atoms with van der Waals surface area (Å²) in [4.78, 5) is 0. The first-order valence-corrected chi connectivity index (χ1v) is 3.64. The standard InChI is InChI=1S/C9H12NO2/c1-11-8-4-3-7(6-10)5-9(8)12-2/h3,5H,6,10H2,1-2H3. The summed E-state index contributed by atoms with van der Waals surface area (Å²) in [6.07, 6.45) is 0. The van der Waals surface area contributed by atoms with E-state index in [9.17, 15) is 0 Å². The molecule has 65 valence electrons. The van der Waals surface area contributed by atoms with Crippen LogP contribution in [-0.2, 0) is 6.54 Å². The van der Waals surface area contributed by atoms with Crippen LogP contribution >= 0.6 is 0 Å². The molecule has 0 aromatic heterocycles. The van der Waals surface area contributed by atoms with Crippen LogP contribution in [0.3, 0.4) is 0 Å². The van der Waals surface area contributed by atoms with Crippen LogP contribution in [0.5, 0.6) is 11.5 Å². The van der Waals surface area contributed by atoms with E-state index in [1.54, 1.807) is 20.3 Å². The van der Waals surface area contributed by atoms with E-state index in [2.05, 4.69) is 6.07 Å². The van der Waals surface area contributed by atoms with E-state index < -0.39 is 0 Å². The number of nitrogens with two attached hydrogens (primary N) is 1. The maximum atomic E-state index is 5.45. The Balaban J connectivity index is 3.02. The molecule has 0 aliphatic carbocycles. The van der Waals surface area contributed by atoms with Gasteiger partial charge in [0.2, 0.25) is 0 Å². The van der Waals surface area contributed by atoms with Gasteiger partial charge in [-0.3, -0.25) is 0 Å². The van der Waals surface area contributed by atoms with E-state index in [-0.39, 0.29) is 0 Å². The molecule has 0 saturated carbocycles. The third kappa shape index (κ3) is 1.68. The average molecular weight is 166 g/mol. The number of hydrogen-bond donors (Lipinski definition) is 1. The summed E-state index contributed by atoms with van der Waals surface area (Å²) >= 11 is 0. The maximum Gasteiger partial charge on any atom is 0.168 e. The molecule has 3 heteroatoms. The zero-order valence-corrected chi connectivity index (χ0v) is 7.26. The second kappa shape index (κ2) is 3.97. The van der Waals surface area contributed by atoms with E-state index in [4.69, 9.17) is 15.2 Å². The highest BCUT2D eigenvalue weighted by Gasteiger charge is 2.02. The summed E-state index contributed by atoms with van der Waals surface area (Å²) in [5.41, 5.74) is 6.43. The minimum absolute atomic E-state index is 0.483. The average Bonchev–Trinajstić information content (AvgIpc) is 2.16. The van der Waals surface area contributed by atoms with Crippen LogP contribution in [0, 0.1) is 6.07 Å². The first-order valence-electron chi connectivity index (χ1n) is 3.64. The molecule has 0 aliphatic rings. The van der Waals surface area contributed by atoms with Crippen molar-refractivity contribution < 1.29 is 9.47 Å². The molecule has 3 nitrogen and oxygen atoms in total. The molecular weight excluding hydrogens is 154 g/mol. The molecule has 0 fully saturated rings. The van der Waals surface area contributed by atoms with Gasteiger partial charge in [-0.1, -0.05) is 0 Å². The SMILES string of the molecule is COc1[c]cc(CN)cc1OC. The summed E-state index contributed by atoms with van der Waals surface area (Å²) in [5, 5.41) is 0. The highest BCUT2D eigenvalue weighted by atomic mass is 16.5. The van der Waals surface area contributed by atoms with Gasteiger partial charge in [0, 0.05) is 12.6 Å². The van der Waals surface area contributed by atoms with Crippen molar-refractivity contribution in [3.8, 4) is 11.5 Å². The Morgan fingerprint density at radius 2 is 2.17 bits per heavy atom. The first-order chi connectivity index (χ1) is 5.81. The van der Waals surface area contributed by atoms with Crippen molar-refractivity contribution in [1.82, 2.24) is 0 Å². The fourth-order valence-electron chi connectivity index (χ4n) is 0.934. The number of benzene rings is 1. The normalized spacial score (nSPS) is 9.58. The monoisotopic (exact) mass is 166 g/mol. The van der Waals surface area contributed by atoms with Gasteiger partial charge in [0.1, 0.15) is 0 Å². The van der Waals surface area contributed by atoms with Crippen molar-refractivity contribution >= 4 is 0 Å². The molecule has 0 unspecified atom stereocenters. The molecule has 1 radical (unpaired) electrons. The topological polar surface area (TPSA) is 44.5 Å². The molecule has 2 N–H and O–H groups in total. The van der Waals surface area contributed by atoms with Crippen molar-refractivity contribution in [1.29, 1.82) is 0 Å². The summed E-state index contributed by atoms with van der Waals surface area (Å²) < 4.78 is 10.1. The molecular formula is C9H12NO2. The smallest absolute Gasteiger partial charge is 0.168 e. The van der Waals surface area contributed by atoms with Gasteiger partial charge < -0.3 is 15.2 Å². The maximum absolute atomic E-state index is 5.45. The van der Waals surface area contributed by atoms with E-state index in [0.29, 0.717) is 18.0 Å². The van der Waals surface area contributed by atoms with Gasteiger partial charge in [0.15, 0.2) is 11.5 Å². The molecule has 0 atom stereocenters. The summed E-state index contributed by atoms with van der Waals surface area (Å²) in [6, 6.07) is 6.57. The first kappa shape index (κ1) is 8.87. The third-order valence-electron chi connectivity index (χ3n) is 1.59. The predicted molar refractivity (Wildman–Crippen MR) is 46.3 cm³/mol. The van der Waals surface area contributed by atoms with Crippen molar-refractivity contribution in [2.75, 3.05) is 14.2 Å². The van der Waals surface area contributed by atoms with Crippen LogP contribution in [0.4, 0.5) is 0 Å². The molecule has 0 bridgehead atoms. The van der Waals surface area contributed by atoms with Gasteiger partial charge in [-0.05, 0) is 17.7 Å². The van der Waals surface area contributed by atoms with Crippen LogP contribution in [0.15, 0.2) is 12.1 Å². The largest absolute Gasteiger partial charge is 0.493 e. The lowest BCUT2D eigenvalue weighted by Gasteiger charge is -2.07. The number of hydrogen-bond acceptors (Lipinski definition) is 3. The molecule has 1 rings (SSSR count). The number of methoxy groups -OCH3 is 2. The zero-order chi connectivity index (χ0) is 8.97. The van der Waals surface area contributed by atoms with E-state index >= 15 is 0 Å². The van der Waals surface area contributed by atoms with Gasteiger partial charge >= 0.3 is 0 Å². The second-order valence-corrected chi connectivity index (χ2v) is 2.31. The van der Waals surface area contributed by atoms with Gasteiger partial charge in [-0.2, -0.15) is 0 Å². The van der Waals surface area contributed by atoms with Crippen molar-refractivity contribution in [3.63, 3.8) is 0 Å². The Hall–Kier alpha value is -1.22. The van der Waals surface area contributed by atoms with Crippen LogP contribution in [0.25, 0.3) is 0 Å². The summed E-state index contributed by atoms with van der Waals surface area (Å²) in [6.45, 7) is 0.483. The summed E-state index contributed by atoms with van der Waals surface area (Å²) in [5.74, 6) is 1.27. The van der Waals surface area contributed by atoms with Gasteiger partial charge in [-0.25, -0.2) is 0 Å². The fraction of sp³-hybridized carbons (Fsp3) is 0.333. The lowest BCUT2D eigenvalue weighted by atomic mass is 10.2. The molecule has 0 saturated heterocycles. The lowest BCUT2D eigenvalue weighted by Crippen LogP contribution is -1.98. The quantitative estimate of drug-likeness (QED) is 0.727. The van der Waals surface area contributed by atoms with Crippen molar-refractivity contribution in [2.24, 2.45) is 5.73 Å². The zero-order valence-electron chi connectivity index (χ0n) is 7.26. The minimum atomic E-state index is 0.483. The molecule has 0 spiro atoms. The van der Waals surface area contributed by atoms with E-state index in [1.165, 1.54) is 0 Å².